The van der Waals surface area contributed by atoms with Gasteiger partial charge in [-0.25, -0.2) is 33.7 Å². The Bertz CT molecular complexity index is 1890. The Morgan fingerprint density at radius 1 is 0.444 bits per heavy atom. The van der Waals surface area contributed by atoms with Crippen molar-refractivity contribution >= 4 is 100 Å². The Morgan fingerprint density at radius 3 is 1.03 bits per heavy atom. The maximum atomic E-state index is 12.8. The van der Waals surface area contributed by atoms with Gasteiger partial charge in [0.25, 0.3) is 36.2 Å². The third-order valence-electron chi connectivity index (χ3n) is 5.20. The summed E-state index contributed by atoms with van der Waals surface area (Å²) >= 11 is 0. The first kappa shape index (κ1) is 27.4. The molecule has 0 heterocycles. The van der Waals surface area contributed by atoms with E-state index in [1.807, 2.05) is 0 Å². The highest BCUT2D eigenvalue weighted by atomic mass is 35.7. The molecule has 0 aliphatic rings. The summed E-state index contributed by atoms with van der Waals surface area (Å²) in [6.45, 7) is 0. The Hall–Kier alpha value is -1.64. The summed E-state index contributed by atoms with van der Waals surface area (Å²) in [5.74, 6) is 0. The molecule has 190 valence electrons. The minimum Gasteiger partial charge on any atom is -0.207 e. The standard InChI is InChI=1S/C20H10Cl4O8S4/c21-33(25,26)15-9-11-5-1-3-7-13(11)17(19(15)35(23,29)30)18-14-8-4-2-6-12(14)10-16(34(22,27)28)20(18)36(24,31)32/h1-10H. The van der Waals surface area contributed by atoms with Crippen LogP contribution in [-0.2, 0) is 36.2 Å². The summed E-state index contributed by atoms with van der Waals surface area (Å²) < 4.78 is 101. The summed E-state index contributed by atoms with van der Waals surface area (Å²) in [7, 11) is 2.98. The molecule has 0 bridgehead atoms. The summed E-state index contributed by atoms with van der Waals surface area (Å²) in [5, 5.41) is 0.266. The van der Waals surface area contributed by atoms with Crippen LogP contribution in [0.2, 0.25) is 0 Å². The van der Waals surface area contributed by atoms with Crippen LogP contribution in [-0.4, -0.2) is 33.7 Å². The molecule has 8 nitrogen and oxygen atoms in total. The maximum Gasteiger partial charge on any atom is 0.263 e. The van der Waals surface area contributed by atoms with E-state index in [1.165, 1.54) is 48.5 Å². The van der Waals surface area contributed by atoms with Crippen LogP contribution in [0.5, 0.6) is 0 Å². The zero-order valence-corrected chi connectivity index (χ0v) is 23.5. The molecular formula is C20H10Cl4O8S4. The molecule has 0 fully saturated rings. The van der Waals surface area contributed by atoms with Crippen LogP contribution in [0.25, 0.3) is 32.7 Å². The first-order valence-corrected chi connectivity index (χ1v) is 18.6. The zero-order valence-electron chi connectivity index (χ0n) is 17.2. The van der Waals surface area contributed by atoms with Gasteiger partial charge in [0, 0.05) is 53.9 Å². The monoisotopic (exact) mass is 646 g/mol. The van der Waals surface area contributed by atoms with Crippen molar-refractivity contribution in [3.63, 3.8) is 0 Å². The van der Waals surface area contributed by atoms with Crippen molar-refractivity contribution in [3.8, 4) is 11.1 Å². The smallest absolute Gasteiger partial charge is 0.207 e. The Balaban J connectivity index is 2.55. The number of fused-ring (bicyclic) bond motifs is 2. The van der Waals surface area contributed by atoms with Gasteiger partial charge in [0.15, 0.2) is 0 Å². The van der Waals surface area contributed by atoms with Crippen molar-refractivity contribution in [1.82, 2.24) is 0 Å². The molecule has 0 spiro atoms. The van der Waals surface area contributed by atoms with Crippen molar-refractivity contribution in [1.29, 1.82) is 0 Å². The molecular weight excluding hydrogens is 638 g/mol. The van der Waals surface area contributed by atoms with E-state index in [4.69, 9.17) is 42.7 Å². The first-order valence-electron chi connectivity index (χ1n) is 9.33. The predicted octanol–water partition coefficient (Wildman–Crippen LogP) is 5.37. The molecule has 4 aromatic carbocycles. The number of halogens is 4. The van der Waals surface area contributed by atoms with E-state index in [2.05, 4.69) is 0 Å². The van der Waals surface area contributed by atoms with Crippen molar-refractivity contribution in [2.24, 2.45) is 0 Å². The molecule has 16 heteroatoms. The number of rotatable bonds is 5. The average molecular weight is 648 g/mol. The highest BCUT2D eigenvalue weighted by molar-refractivity contribution is 8.17. The van der Waals surface area contributed by atoms with Crippen LogP contribution in [0.15, 0.2) is 80.2 Å². The predicted molar refractivity (Wildman–Crippen MR) is 139 cm³/mol. The number of hydrogen-bond acceptors (Lipinski definition) is 8. The van der Waals surface area contributed by atoms with E-state index < -0.39 is 66.9 Å². The largest absolute Gasteiger partial charge is 0.263 e. The van der Waals surface area contributed by atoms with Gasteiger partial charge in [-0.05, 0) is 33.7 Å². The third-order valence-corrected chi connectivity index (χ3v) is 10.9. The molecule has 0 N–H and O–H groups in total. The normalized spacial score (nSPS) is 13.3. The van der Waals surface area contributed by atoms with Gasteiger partial charge in [0.2, 0.25) is 0 Å². The molecule has 0 atom stereocenters. The van der Waals surface area contributed by atoms with Crippen molar-refractivity contribution in [2.45, 2.75) is 19.6 Å². The fraction of sp³-hybridized carbons (Fsp3) is 0. The van der Waals surface area contributed by atoms with E-state index in [0.29, 0.717) is 0 Å². The summed E-state index contributed by atoms with van der Waals surface area (Å²) in [6.07, 6.45) is 0. The van der Waals surface area contributed by atoms with E-state index >= 15 is 0 Å². The molecule has 4 aromatic rings. The van der Waals surface area contributed by atoms with Crippen molar-refractivity contribution < 1.29 is 33.7 Å². The lowest BCUT2D eigenvalue weighted by Crippen LogP contribution is -2.09. The summed E-state index contributed by atoms with van der Waals surface area (Å²) in [5.41, 5.74) is -1.08. The average Bonchev–Trinajstić information content (AvgIpc) is 2.74. The zero-order chi connectivity index (χ0) is 26.8. The van der Waals surface area contributed by atoms with E-state index in [-0.39, 0.29) is 21.5 Å². The molecule has 0 aliphatic heterocycles. The second-order valence-corrected chi connectivity index (χ2v) is 17.4. The number of benzene rings is 4. The molecule has 0 saturated carbocycles. The van der Waals surface area contributed by atoms with Crippen LogP contribution in [0, 0.1) is 0 Å². The van der Waals surface area contributed by atoms with Gasteiger partial charge in [-0.1, -0.05) is 48.5 Å². The number of hydrogen-bond donors (Lipinski definition) is 0. The minimum atomic E-state index is -4.98. The molecule has 0 radical (unpaired) electrons. The fourth-order valence-corrected chi connectivity index (χ4v) is 10.2. The van der Waals surface area contributed by atoms with Gasteiger partial charge in [-0.15, -0.1) is 0 Å². The van der Waals surface area contributed by atoms with Crippen molar-refractivity contribution in [3.05, 3.63) is 60.7 Å². The van der Waals surface area contributed by atoms with Gasteiger partial charge in [-0.3, -0.25) is 0 Å². The molecule has 0 aliphatic carbocycles. The maximum absolute atomic E-state index is 12.8. The summed E-state index contributed by atoms with van der Waals surface area (Å²) in [4.78, 5) is -4.02. The second kappa shape index (κ2) is 8.98. The van der Waals surface area contributed by atoms with Crippen LogP contribution >= 0.6 is 42.7 Å². The molecule has 36 heavy (non-hydrogen) atoms. The van der Waals surface area contributed by atoms with Gasteiger partial charge in [0.05, 0.1) is 0 Å². The van der Waals surface area contributed by atoms with Crippen LogP contribution in [0.1, 0.15) is 0 Å². The topological polar surface area (TPSA) is 137 Å². The molecule has 0 saturated heterocycles. The lowest BCUT2D eigenvalue weighted by Gasteiger charge is -2.20. The van der Waals surface area contributed by atoms with Crippen LogP contribution in [0.4, 0.5) is 0 Å². The second-order valence-electron chi connectivity index (χ2n) is 7.35. The lowest BCUT2D eigenvalue weighted by molar-refractivity contribution is 0.597. The van der Waals surface area contributed by atoms with Crippen LogP contribution < -0.4 is 0 Å². The fourth-order valence-electron chi connectivity index (χ4n) is 3.95. The minimum absolute atomic E-state index is 0.0108. The SMILES string of the molecule is O=S(=O)(Cl)c1cc2ccccc2c(-c2c(S(=O)(=O)Cl)c(S(=O)(=O)Cl)cc3ccccc23)c1S(=O)(=O)Cl. The van der Waals surface area contributed by atoms with E-state index in [9.17, 15) is 33.7 Å². The molecule has 4 rings (SSSR count). The quantitative estimate of drug-likeness (QED) is 0.264. The highest BCUT2D eigenvalue weighted by Gasteiger charge is 2.36. The highest BCUT2D eigenvalue weighted by Crippen LogP contribution is 2.48. The summed E-state index contributed by atoms with van der Waals surface area (Å²) in [6, 6.07) is 13.4. The molecule has 0 aromatic heterocycles. The Labute approximate surface area is 224 Å². The molecule has 0 amide bonds. The van der Waals surface area contributed by atoms with Crippen molar-refractivity contribution in [2.75, 3.05) is 0 Å². The Morgan fingerprint density at radius 2 is 0.750 bits per heavy atom. The van der Waals surface area contributed by atoms with Gasteiger partial charge in [-0.2, -0.15) is 0 Å². The van der Waals surface area contributed by atoms with Gasteiger partial charge >= 0.3 is 0 Å². The lowest BCUT2D eigenvalue weighted by atomic mass is 9.93. The van der Waals surface area contributed by atoms with E-state index in [0.717, 1.165) is 12.1 Å². The van der Waals surface area contributed by atoms with Crippen LogP contribution in [0.3, 0.4) is 0 Å². The third kappa shape index (κ3) is 4.93. The van der Waals surface area contributed by atoms with Gasteiger partial charge in [0.1, 0.15) is 19.6 Å². The first-order chi connectivity index (χ1) is 16.4. The Kier molecular flexibility index (Phi) is 6.84. The molecule has 0 unspecified atom stereocenters. The van der Waals surface area contributed by atoms with E-state index in [1.54, 1.807) is 0 Å². The van der Waals surface area contributed by atoms with Gasteiger partial charge < -0.3 is 0 Å².